The molecule has 23 heavy (non-hydrogen) atoms. The highest BCUT2D eigenvalue weighted by atomic mass is 16.3. The van der Waals surface area contributed by atoms with Crippen molar-refractivity contribution in [2.75, 3.05) is 19.7 Å². The van der Waals surface area contributed by atoms with Crippen LogP contribution in [0.5, 0.6) is 0 Å². The lowest BCUT2D eigenvalue weighted by Gasteiger charge is -2.46. The van der Waals surface area contributed by atoms with Gasteiger partial charge in [-0.05, 0) is 24.0 Å². The number of nitrogens with zero attached hydrogens (tertiary/aromatic N) is 1. The van der Waals surface area contributed by atoms with E-state index in [1.807, 2.05) is 12.1 Å². The van der Waals surface area contributed by atoms with Gasteiger partial charge in [0.05, 0.1) is 6.61 Å². The third-order valence-corrected chi connectivity index (χ3v) is 5.04. The van der Waals surface area contributed by atoms with Crippen LogP contribution < -0.4 is 5.73 Å². The molecule has 3 N–H and O–H groups in total. The zero-order chi connectivity index (χ0) is 16.1. The molecule has 0 spiro atoms. The summed E-state index contributed by atoms with van der Waals surface area (Å²) in [6.07, 6.45) is 1.76. The molecule has 0 radical (unpaired) electrons. The first-order chi connectivity index (χ1) is 11.2. The van der Waals surface area contributed by atoms with Gasteiger partial charge in [-0.15, -0.1) is 0 Å². The van der Waals surface area contributed by atoms with Crippen LogP contribution in [0.1, 0.15) is 17.5 Å². The molecule has 0 amide bonds. The van der Waals surface area contributed by atoms with E-state index in [1.165, 1.54) is 11.1 Å². The highest BCUT2D eigenvalue weighted by Crippen LogP contribution is 2.33. The zero-order valence-corrected chi connectivity index (χ0v) is 13.6. The average Bonchev–Trinajstić information content (AvgIpc) is 2.60. The van der Waals surface area contributed by atoms with Gasteiger partial charge in [-0.2, -0.15) is 0 Å². The fraction of sp³-hybridized carbons (Fsp3) is 0.400. The molecule has 1 aliphatic rings. The quantitative estimate of drug-likeness (QED) is 0.892. The summed E-state index contributed by atoms with van der Waals surface area (Å²) in [6, 6.07) is 20.9. The molecule has 1 fully saturated rings. The summed E-state index contributed by atoms with van der Waals surface area (Å²) in [5.74, 6) is 0. The molecule has 2 atom stereocenters. The Morgan fingerprint density at radius 3 is 2.22 bits per heavy atom. The highest BCUT2D eigenvalue weighted by molar-refractivity contribution is 5.19. The van der Waals surface area contributed by atoms with Crippen molar-refractivity contribution in [3.8, 4) is 0 Å². The van der Waals surface area contributed by atoms with E-state index in [4.69, 9.17) is 5.73 Å². The lowest BCUT2D eigenvalue weighted by Crippen LogP contribution is -2.58. The van der Waals surface area contributed by atoms with Crippen LogP contribution in [0.2, 0.25) is 0 Å². The summed E-state index contributed by atoms with van der Waals surface area (Å²) in [4.78, 5) is 2.43. The van der Waals surface area contributed by atoms with Gasteiger partial charge in [0.25, 0.3) is 0 Å². The number of benzene rings is 2. The van der Waals surface area contributed by atoms with Gasteiger partial charge >= 0.3 is 0 Å². The molecular formula is C20H26N2O. The zero-order valence-electron chi connectivity index (χ0n) is 13.6. The molecule has 122 valence electrons. The number of aliphatic hydroxyl groups is 1. The minimum Gasteiger partial charge on any atom is -0.396 e. The van der Waals surface area contributed by atoms with Crippen LogP contribution in [0.15, 0.2) is 60.7 Å². The Hall–Kier alpha value is -1.68. The third kappa shape index (κ3) is 3.81. The number of hydrogen-bond donors (Lipinski definition) is 2. The Morgan fingerprint density at radius 1 is 1.00 bits per heavy atom. The number of nitrogens with two attached hydrogens (primary N) is 1. The number of aliphatic hydroxyl groups excluding tert-OH is 1. The predicted molar refractivity (Wildman–Crippen MR) is 94.0 cm³/mol. The molecule has 1 saturated heterocycles. The van der Waals surface area contributed by atoms with Crippen LogP contribution in [0, 0.1) is 5.41 Å². The van der Waals surface area contributed by atoms with Crippen LogP contribution >= 0.6 is 0 Å². The number of likely N-dealkylation sites (tertiary alicyclic amines) is 1. The van der Waals surface area contributed by atoms with Gasteiger partial charge in [-0.3, -0.25) is 4.90 Å². The van der Waals surface area contributed by atoms with E-state index < -0.39 is 0 Å². The predicted octanol–water partition coefficient (Wildman–Crippen LogP) is 2.44. The fourth-order valence-corrected chi connectivity index (χ4v) is 3.66. The third-order valence-electron chi connectivity index (χ3n) is 5.04. The van der Waals surface area contributed by atoms with Gasteiger partial charge in [0.15, 0.2) is 0 Å². The van der Waals surface area contributed by atoms with E-state index in [1.54, 1.807) is 0 Å². The van der Waals surface area contributed by atoms with Crippen molar-refractivity contribution in [2.24, 2.45) is 11.1 Å². The summed E-state index contributed by atoms with van der Waals surface area (Å²) in [6.45, 7) is 2.89. The maximum absolute atomic E-state index is 10.2. The summed E-state index contributed by atoms with van der Waals surface area (Å²) >= 11 is 0. The Bertz CT molecular complexity index is 602. The Balaban J connectivity index is 1.75. The molecule has 0 saturated carbocycles. The van der Waals surface area contributed by atoms with Crippen LogP contribution in [-0.4, -0.2) is 35.7 Å². The fourth-order valence-electron chi connectivity index (χ4n) is 3.66. The highest BCUT2D eigenvalue weighted by Gasteiger charge is 2.41. The molecule has 0 aliphatic carbocycles. The minimum absolute atomic E-state index is 0.0414. The first kappa shape index (κ1) is 16.2. The minimum atomic E-state index is -0.256. The molecule has 2 aromatic carbocycles. The number of rotatable bonds is 5. The van der Waals surface area contributed by atoms with Gasteiger partial charge in [0, 0.05) is 31.1 Å². The van der Waals surface area contributed by atoms with Crippen LogP contribution in [0.3, 0.4) is 0 Å². The maximum atomic E-state index is 10.2. The van der Waals surface area contributed by atoms with Crippen molar-refractivity contribution in [3.05, 3.63) is 71.8 Å². The normalized spacial score (nSPS) is 25.4. The van der Waals surface area contributed by atoms with E-state index in [9.17, 15) is 5.11 Å². The maximum Gasteiger partial charge on any atom is 0.0517 e. The van der Waals surface area contributed by atoms with Crippen molar-refractivity contribution in [1.82, 2.24) is 4.90 Å². The van der Waals surface area contributed by atoms with Crippen LogP contribution in [0.4, 0.5) is 0 Å². The lowest BCUT2D eigenvalue weighted by atomic mass is 9.72. The Labute approximate surface area is 138 Å². The van der Waals surface area contributed by atoms with Crippen molar-refractivity contribution in [1.29, 1.82) is 0 Å². The molecule has 0 aromatic heterocycles. The second-order valence-corrected chi connectivity index (χ2v) is 6.77. The first-order valence-corrected chi connectivity index (χ1v) is 8.38. The molecule has 2 aromatic rings. The van der Waals surface area contributed by atoms with Gasteiger partial charge in [-0.1, -0.05) is 60.7 Å². The van der Waals surface area contributed by atoms with E-state index in [2.05, 4.69) is 53.4 Å². The summed E-state index contributed by atoms with van der Waals surface area (Å²) in [7, 11) is 0. The van der Waals surface area contributed by atoms with Crippen molar-refractivity contribution < 1.29 is 5.11 Å². The summed E-state index contributed by atoms with van der Waals surface area (Å²) < 4.78 is 0. The molecule has 3 nitrogen and oxygen atoms in total. The van der Waals surface area contributed by atoms with Crippen molar-refractivity contribution in [2.45, 2.75) is 25.4 Å². The smallest absolute Gasteiger partial charge is 0.0517 e. The van der Waals surface area contributed by atoms with Gasteiger partial charge in [0.2, 0.25) is 0 Å². The topological polar surface area (TPSA) is 49.5 Å². The molecule has 3 rings (SSSR count). The standard InChI is InChI=1S/C20H26N2O/c21-19-11-12-22(14-18-9-5-2-6-10-18)15-20(19,16-23)13-17-7-3-1-4-8-17/h1-10,19,23H,11-16,21H2. The monoisotopic (exact) mass is 310 g/mol. The Kier molecular flexibility index (Phi) is 5.11. The van der Waals surface area contributed by atoms with Crippen molar-refractivity contribution in [3.63, 3.8) is 0 Å². The summed E-state index contributed by atoms with van der Waals surface area (Å²) in [5.41, 5.74) is 8.75. The second kappa shape index (κ2) is 7.26. The van der Waals surface area contributed by atoms with E-state index >= 15 is 0 Å². The lowest BCUT2D eigenvalue weighted by molar-refractivity contribution is 0.0114. The molecule has 0 bridgehead atoms. The number of hydrogen-bond acceptors (Lipinski definition) is 3. The van der Waals surface area contributed by atoms with E-state index in [0.717, 1.165) is 32.5 Å². The van der Waals surface area contributed by atoms with Crippen molar-refractivity contribution >= 4 is 0 Å². The SMILES string of the molecule is NC1CCN(Cc2ccccc2)CC1(CO)Cc1ccccc1. The van der Waals surface area contributed by atoms with E-state index in [0.29, 0.717) is 0 Å². The molecular weight excluding hydrogens is 284 g/mol. The molecule has 1 heterocycles. The van der Waals surface area contributed by atoms with Gasteiger partial charge in [0.1, 0.15) is 0 Å². The van der Waals surface area contributed by atoms with Gasteiger partial charge in [-0.25, -0.2) is 0 Å². The van der Waals surface area contributed by atoms with E-state index in [-0.39, 0.29) is 18.1 Å². The number of piperidine rings is 1. The first-order valence-electron chi connectivity index (χ1n) is 8.38. The van der Waals surface area contributed by atoms with Gasteiger partial charge < -0.3 is 10.8 Å². The molecule has 2 unspecified atom stereocenters. The Morgan fingerprint density at radius 2 is 1.61 bits per heavy atom. The van der Waals surface area contributed by atoms with Crippen LogP contribution in [-0.2, 0) is 13.0 Å². The second-order valence-electron chi connectivity index (χ2n) is 6.77. The average molecular weight is 310 g/mol. The molecule has 1 aliphatic heterocycles. The molecule has 3 heteroatoms. The summed E-state index contributed by atoms with van der Waals surface area (Å²) in [5, 5.41) is 10.2. The van der Waals surface area contributed by atoms with Crippen LogP contribution in [0.25, 0.3) is 0 Å². The largest absolute Gasteiger partial charge is 0.396 e.